The Morgan fingerprint density at radius 3 is 2.73 bits per heavy atom. The van der Waals surface area contributed by atoms with E-state index < -0.39 is 16.8 Å². The van der Waals surface area contributed by atoms with Crippen LogP contribution in [-0.4, -0.2) is 39.7 Å². The van der Waals surface area contributed by atoms with Crippen LogP contribution < -0.4 is 4.90 Å². The summed E-state index contributed by atoms with van der Waals surface area (Å²) in [6.45, 7) is 3.15. The molecule has 0 aliphatic carbocycles. The lowest BCUT2D eigenvalue weighted by molar-refractivity contribution is -0.138. The molecular weight excluding hydrogens is 319 g/mol. The van der Waals surface area contributed by atoms with Crippen LogP contribution in [0.5, 0.6) is 0 Å². The molecule has 10 heteroatoms. The molecule has 0 aromatic carbocycles. The molecule has 1 fully saturated rings. The molecule has 0 radical (unpaired) electrons. The SMILES string of the molecule is Cn1cc([C@@]2(C)CN(c3nnc(C(F)(F)F)s3)CCO2)cn1. The summed E-state index contributed by atoms with van der Waals surface area (Å²) in [5.41, 5.74) is 0.233. The number of hydrogen-bond acceptors (Lipinski definition) is 6. The standard InChI is InChI=1S/C12H14F3N5OS/c1-11(8-5-16-19(2)6-8)7-20(3-4-21-11)10-18-17-9(22-10)12(13,14)15/h5-6H,3-4,7H2,1-2H3/t11-/m1/s1. The monoisotopic (exact) mass is 333 g/mol. The van der Waals surface area contributed by atoms with Crippen molar-refractivity contribution in [3.05, 3.63) is 23.0 Å². The van der Waals surface area contributed by atoms with E-state index in [0.717, 1.165) is 5.56 Å². The van der Waals surface area contributed by atoms with Gasteiger partial charge in [0.15, 0.2) is 0 Å². The van der Waals surface area contributed by atoms with Gasteiger partial charge in [0.2, 0.25) is 10.1 Å². The molecule has 0 bridgehead atoms. The van der Waals surface area contributed by atoms with Gasteiger partial charge < -0.3 is 9.64 Å². The van der Waals surface area contributed by atoms with Crippen LogP contribution in [0.4, 0.5) is 18.3 Å². The van der Waals surface area contributed by atoms with Gasteiger partial charge in [-0.1, -0.05) is 11.3 Å². The lowest BCUT2D eigenvalue weighted by Gasteiger charge is -2.39. The van der Waals surface area contributed by atoms with E-state index in [1.54, 1.807) is 22.8 Å². The van der Waals surface area contributed by atoms with Crippen LogP contribution in [0.15, 0.2) is 12.4 Å². The normalized spacial score (nSPS) is 23.0. The molecule has 1 aliphatic heterocycles. The minimum absolute atomic E-state index is 0.255. The number of alkyl halides is 3. The molecule has 0 saturated carbocycles. The van der Waals surface area contributed by atoms with Gasteiger partial charge in [0, 0.05) is 25.4 Å². The van der Waals surface area contributed by atoms with Crippen LogP contribution in [0.1, 0.15) is 17.5 Å². The number of morpholine rings is 1. The van der Waals surface area contributed by atoms with Crippen LogP contribution in [-0.2, 0) is 23.6 Å². The Balaban J connectivity index is 1.82. The Bertz CT molecular complexity index is 670. The molecule has 0 unspecified atom stereocenters. The summed E-state index contributed by atoms with van der Waals surface area (Å²) in [6, 6.07) is 0. The Kier molecular flexibility index (Phi) is 3.60. The van der Waals surface area contributed by atoms with Crippen molar-refractivity contribution in [3.8, 4) is 0 Å². The average molecular weight is 333 g/mol. The highest BCUT2D eigenvalue weighted by Gasteiger charge is 2.39. The first-order valence-electron chi connectivity index (χ1n) is 6.57. The number of anilines is 1. The summed E-state index contributed by atoms with van der Waals surface area (Å²) < 4.78 is 45.4. The van der Waals surface area contributed by atoms with E-state index in [1.165, 1.54) is 0 Å². The Morgan fingerprint density at radius 1 is 1.36 bits per heavy atom. The molecule has 3 heterocycles. The summed E-state index contributed by atoms with van der Waals surface area (Å²) in [5.74, 6) is 0. The van der Waals surface area contributed by atoms with Gasteiger partial charge in [-0.05, 0) is 6.92 Å². The second-order valence-electron chi connectivity index (χ2n) is 5.29. The van der Waals surface area contributed by atoms with Crippen molar-refractivity contribution in [2.45, 2.75) is 18.7 Å². The Labute approximate surface area is 128 Å². The predicted octanol–water partition coefficient (Wildman–Crippen LogP) is 2.04. The molecule has 1 aliphatic rings. The van der Waals surface area contributed by atoms with Gasteiger partial charge in [0.1, 0.15) is 5.60 Å². The van der Waals surface area contributed by atoms with Gasteiger partial charge in [-0.15, -0.1) is 10.2 Å². The number of rotatable bonds is 2. The van der Waals surface area contributed by atoms with Crippen LogP contribution in [0.25, 0.3) is 0 Å². The smallest absolute Gasteiger partial charge is 0.367 e. The topological polar surface area (TPSA) is 56.1 Å². The second-order valence-corrected chi connectivity index (χ2v) is 6.25. The summed E-state index contributed by atoms with van der Waals surface area (Å²) in [4.78, 5) is 1.77. The molecule has 0 N–H and O–H groups in total. The maximum atomic E-state index is 12.6. The quantitative estimate of drug-likeness (QED) is 0.842. The van der Waals surface area contributed by atoms with E-state index in [1.807, 2.05) is 13.1 Å². The first-order chi connectivity index (χ1) is 10.3. The van der Waals surface area contributed by atoms with E-state index in [9.17, 15) is 13.2 Å². The zero-order valence-electron chi connectivity index (χ0n) is 12.0. The first kappa shape index (κ1) is 15.2. The minimum Gasteiger partial charge on any atom is -0.367 e. The van der Waals surface area contributed by atoms with Crippen molar-refractivity contribution >= 4 is 16.5 Å². The highest BCUT2D eigenvalue weighted by molar-refractivity contribution is 7.15. The number of ether oxygens (including phenoxy) is 1. The number of aromatic nitrogens is 4. The molecule has 1 saturated heterocycles. The molecule has 120 valence electrons. The predicted molar refractivity (Wildman–Crippen MR) is 73.6 cm³/mol. The molecule has 22 heavy (non-hydrogen) atoms. The molecular formula is C12H14F3N5OS. The highest BCUT2D eigenvalue weighted by Crippen LogP contribution is 2.37. The molecule has 0 amide bonds. The zero-order chi connectivity index (χ0) is 16.0. The van der Waals surface area contributed by atoms with Gasteiger partial charge >= 0.3 is 6.18 Å². The highest BCUT2D eigenvalue weighted by atomic mass is 32.1. The third kappa shape index (κ3) is 2.80. The number of nitrogens with zero attached hydrogens (tertiary/aromatic N) is 5. The van der Waals surface area contributed by atoms with Crippen LogP contribution >= 0.6 is 11.3 Å². The summed E-state index contributed by atoms with van der Waals surface area (Å²) in [6.07, 6.45) is -0.926. The fraction of sp³-hybridized carbons (Fsp3) is 0.583. The van der Waals surface area contributed by atoms with Crippen LogP contribution in [0.3, 0.4) is 0 Å². The van der Waals surface area contributed by atoms with Crippen molar-refractivity contribution in [2.75, 3.05) is 24.6 Å². The molecule has 2 aromatic heterocycles. The van der Waals surface area contributed by atoms with E-state index in [4.69, 9.17) is 4.74 Å². The minimum atomic E-state index is -4.46. The fourth-order valence-corrected chi connectivity index (χ4v) is 3.10. The summed E-state index contributed by atoms with van der Waals surface area (Å²) in [7, 11) is 1.80. The van der Waals surface area contributed by atoms with Crippen molar-refractivity contribution in [2.24, 2.45) is 7.05 Å². The molecule has 3 rings (SSSR count). The van der Waals surface area contributed by atoms with Crippen LogP contribution in [0.2, 0.25) is 0 Å². The summed E-state index contributed by atoms with van der Waals surface area (Å²) in [5, 5.41) is 10.3. The van der Waals surface area contributed by atoms with Gasteiger partial charge in [-0.25, -0.2) is 0 Å². The van der Waals surface area contributed by atoms with Crippen molar-refractivity contribution in [1.82, 2.24) is 20.0 Å². The fourth-order valence-electron chi connectivity index (χ4n) is 2.36. The maximum Gasteiger partial charge on any atom is 0.445 e. The number of hydrogen-bond donors (Lipinski definition) is 0. The van der Waals surface area contributed by atoms with Crippen molar-refractivity contribution < 1.29 is 17.9 Å². The second kappa shape index (κ2) is 5.20. The third-order valence-corrected chi connectivity index (χ3v) is 4.55. The Hall–Kier alpha value is -1.68. The molecule has 0 spiro atoms. The molecule has 1 atom stereocenters. The van der Waals surface area contributed by atoms with Gasteiger partial charge in [0.05, 0.1) is 19.3 Å². The van der Waals surface area contributed by atoms with E-state index in [-0.39, 0.29) is 5.13 Å². The third-order valence-electron chi connectivity index (χ3n) is 3.52. The number of aryl methyl sites for hydroxylation is 1. The van der Waals surface area contributed by atoms with E-state index in [0.29, 0.717) is 31.0 Å². The van der Waals surface area contributed by atoms with E-state index >= 15 is 0 Å². The lowest BCUT2D eigenvalue weighted by atomic mass is 9.97. The molecule has 6 nitrogen and oxygen atoms in total. The lowest BCUT2D eigenvalue weighted by Crippen LogP contribution is -2.48. The first-order valence-corrected chi connectivity index (χ1v) is 7.38. The number of halogens is 3. The molecule has 2 aromatic rings. The van der Waals surface area contributed by atoms with E-state index in [2.05, 4.69) is 15.3 Å². The van der Waals surface area contributed by atoms with Crippen molar-refractivity contribution in [1.29, 1.82) is 0 Å². The zero-order valence-corrected chi connectivity index (χ0v) is 12.8. The maximum absolute atomic E-state index is 12.6. The van der Waals surface area contributed by atoms with Crippen LogP contribution in [0, 0.1) is 0 Å². The largest absolute Gasteiger partial charge is 0.445 e. The van der Waals surface area contributed by atoms with Gasteiger partial charge in [0.25, 0.3) is 0 Å². The van der Waals surface area contributed by atoms with Gasteiger partial charge in [-0.3, -0.25) is 4.68 Å². The average Bonchev–Trinajstić information content (AvgIpc) is 3.06. The van der Waals surface area contributed by atoms with Gasteiger partial charge in [-0.2, -0.15) is 18.3 Å². The summed E-state index contributed by atoms with van der Waals surface area (Å²) >= 11 is 0.550. The van der Waals surface area contributed by atoms with Crippen molar-refractivity contribution in [3.63, 3.8) is 0 Å². The Morgan fingerprint density at radius 2 is 2.14 bits per heavy atom.